The lowest BCUT2D eigenvalue weighted by Crippen LogP contribution is -2.19. The number of hydrogen-bond acceptors (Lipinski definition) is 2. The zero-order valence-corrected chi connectivity index (χ0v) is 22.7. The molecule has 1 aromatic heterocycles. The molecule has 1 aliphatic rings. The number of para-hydroxylation sites is 1. The van der Waals surface area contributed by atoms with E-state index in [0.717, 1.165) is 39.7 Å². The van der Waals surface area contributed by atoms with Crippen LogP contribution in [0, 0.1) is 0 Å². The highest BCUT2D eigenvalue weighted by atomic mass is 16.3. The van der Waals surface area contributed by atoms with Crippen LogP contribution in [-0.2, 0) is 5.41 Å². The fraction of sp³-hybridized carbons (Fsp3) is 0.105. The van der Waals surface area contributed by atoms with E-state index in [1.165, 1.54) is 38.7 Å². The van der Waals surface area contributed by atoms with Crippen LogP contribution in [0.25, 0.3) is 43.8 Å². The predicted molar refractivity (Wildman–Crippen MR) is 168 cm³/mol. The zero-order chi connectivity index (χ0) is 26.8. The Morgan fingerprint density at radius 3 is 2.23 bits per heavy atom. The van der Waals surface area contributed by atoms with Crippen molar-refractivity contribution in [3.05, 3.63) is 139 Å². The normalized spacial score (nSPS) is 15.9. The monoisotopic (exact) mass is 515 g/mol. The molecule has 0 saturated carbocycles. The summed E-state index contributed by atoms with van der Waals surface area (Å²) in [5.74, 6) is 0. The van der Waals surface area contributed by atoms with Gasteiger partial charge in [-0.25, -0.2) is 0 Å². The summed E-state index contributed by atoms with van der Waals surface area (Å²) in [6.45, 7) is 4.70. The molecular formula is C38H29NO. The van der Waals surface area contributed by atoms with Crippen molar-refractivity contribution >= 4 is 49.8 Å². The first-order chi connectivity index (χ1) is 19.7. The second-order valence-electron chi connectivity index (χ2n) is 11.0. The molecule has 0 saturated heterocycles. The van der Waals surface area contributed by atoms with Crippen LogP contribution in [0.2, 0.25) is 0 Å². The molecule has 0 spiro atoms. The van der Waals surface area contributed by atoms with Gasteiger partial charge < -0.3 is 9.32 Å². The van der Waals surface area contributed by atoms with Gasteiger partial charge in [0, 0.05) is 22.1 Å². The third kappa shape index (κ3) is 3.17. The minimum Gasteiger partial charge on any atom is -0.456 e. The number of nitrogens with zero attached hydrogens (tertiary/aromatic N) is 1. The molecular weight excluding hydrogens is 486 g/mol. The first-order valence-electron chi connectivity index (χ1n) is 14.1. The Kier molecular flexibility index (Phi) is 4.96. The van der Waals surface area contributed by atoms with Gasteiger partial charge in [-0.05, 0) is 70.3 Å². The van der Waals surface area contributed by atoms with Crippen LogP contribution >= 0.6 is 0 Å². The largest absolute Gasteiger partial charge is 0.456 e. The molecule has 2 heteroatoms. The number of rotatable bonds is 4. The number of hydrogen-bond donors (Lipinski definition) is 0. The Bertz CT molecular complexity index is 2080. The minimum absolute atomic E-state index is 0.0364. The summed E-state index contributed by atoms with van der Waals surface area (Å²) >= 11 is 0. The van der Waals surface area contributed by atoms with Crippen molar-refractivity contribution < 1.29 is 4.42 Å². The van der Waals surface area contributed by atoms with Crippen molar-refractivity contribution in [1.29, 1.82) is 0 Å². The molecule has 6 aromatic carbocycles. The predicted octanol–water partition coefficient (Wildman–Crippen LogP) is 10.9. The Balaban J connectivity index is 1.49. The van der Waals surface area contributed by atoms with Gasteiger partial charge in [0.2, 0.25) is 0 Å². The molecule has 0 N–H and O–H groups in total. The van der Waals surface area contributed by atoms with Crippen LogP contribution in [0.4, 0.5) is 17.1 Å². The van der Waals surface area contributed by atoms with Crippen LogP contribution in [0.15, 0.2) is 132 Å². The van der Waals surface area contributed by atoms with Gasteiger partial charge in [-0.15, -0.1) is 0 Å². The van der Waals surface area contributed by atoms with E-state index in [-0.39, 0.29) is 5.41 Å². The number of fused-ring (bicyclic) bond motifs is 7. The molecule has 192 valence electrons. The first kappa shape index (κ1) is 23.1. The summed E-state index contributed by atoms with van der Waals surface area (Å²) < 4.78 is 6.36. The van der Waals surface area contributed by atoms with Gasteiger partial charge in [-0.2, -0.15) is 0 Å². The van der Waals surface area contributed by atoms with E-state index >= 15 is 0 Å². The van der Waals surface area contributed by atoms with Crippen LogP contribution in [0.3, 0.4) is 0 Å². The average molecular weight is 516 g/mol. The van der Waals surface area contributed by atoms with E-state index in [2.05, 4.69) is 140 Å². The fourth-order valence-corrected chi connectivity index (χ4v) is 6.84. The summed E-state index contributed by atoms with van der Waals surface area (Å²) in [7, 11) is 0. The van der Waals surface area contributed by atoms with Crippen molar-refractivity contribution in [3.63, 3.8) is 0 Å². The Labute approximate surface area is 234 Å². The van der Waals surface area contributed by atoms with Crippen LogP contribution in [-0.4, -0.2) is 0 Å². The third-order valence-electron chi connectivity index (χ3n) is 8.99. The topological polar surface area (TPSA) is 16.4 Å². The van der Waals surface area contributed by atoms with Gasteiger partial charge in [-0.3, -0.25) is 0 Å². The fourth-order valence-electron chi connectivity index (χ4n) is 6.84. The van der Waals surface area contributed by atoms with E-state index in [9.17, 15) is 0 Å². The first-order valence-corrected chi connectivity index (χ1v) is 14.1. The highest BCUT2D eigenvalue weighted by molar-refractivity contribution is 6.14. The van der Waals surface area contributed by atoms with Crippen molar-refractivity contribution in [2.75, 3.05) is 4.90 Å². The molecule has 2 nitrogen and oxygen atoms in total. The second-order valence-corrected chi connectivity index (χ2v) is 11.0. The van der Waals surface area contributed by atoms with E-state index in [1.807, 2.05) is 6.07 Å². The van der Waals surface area contributed by atoms with E-state index in [4.69, 9.17) is 4.42 Å². The van der Waals surface area contributed by atoms with Crippen molar-refractivity contribution in [1.82, 2.24) is 0 Å². The zero-order valence-electron chi connectivity index (χ0n) is 22.7. The number of anilines is 3. The average Bonchev–Trinajstić information content (AvgIpc) is 3.52. The lowest BCUT2D eigenvalue weighted by atomic mass is 9.78. The highest BCUT2D eigenvalue weighted by Gasteiger charge is 2.40. The van der Waals surface area contributed by atoms with Crippen LogP contribution in [0.1, 0.15) is 31.4 Å². The summed E-state index contributed by atoms with van der Waals surface area (Å²) in [6.07, 6.45) is 1.04. The highest BCUT2D eigenvalue weighted by Crippen LogP contribution is 2.56. The SMILES string of the molecule is CCC1(C)c2ccccc2-c2c(N(c3ccc4ccccc4c3)c3cccc4oc5ccccc5c34)cccc21. The molecule has 1 atom stereocenters. The smallest absolute Gasteiger partial charge is 0.137 e. The van der Waals surface area contributed by atoms with Gasteiger partial charge in [0.15, 0.2) is 0 Å². The standard InChI is InChI=1S/C38H29NO/c1-3-38(2)30-16-8-6-14-28(30)36-31(38)17-10-18-32(36)39(27-23-22-25-12-4-5-13-26(25)24-27)33-19-11-21-35-37(33)29-15-7-9-20-34(29)40-35/h4-24H,3H2,1-2H3. The Hall–Kier alpha value is -4.82. The van der Waals surface area contributed by atoms with Crippen LogP contribution < -0.4 is 4.90 Å². The number of furan rings is 1. The molecule has 8 rings (SSSR count). The lowest BCUT2D eigenvalue weighted by Gasteiger charge is -2.30. The molecule has 7 aromatic rings. The quantitative estimate of drug-likeness (QED) is 0.232. The maximum absolute atomic E-state index is 6.36. The van der Waals surface area contributed by atoms with Crippen molar-refractivity contribution in [2.24, 2.45) is 0 Å². The molecule has 1 unspecified atom stereocenters. The third-order valence-corrected chi connectivity index (χ3v) is 8.99. The van der Waals surface area contributed by atoms with Crippen LogP contribution in [0.5, 0.6) is 0 Å². The summed E-state index contributed by atoms with van der Waals surface area (Å²) in [6, 6.07) is 46.0. The molecule has 40 heavy (non-hydrogen) atoms. The van der Waals surface area contributed by atoms with Gasteiger partial charge in [-0.1, -0.05) is 105 Å². The number of benzene rings is 6. The lowest BCUT2D eigenvalue weighted by molar-refractivity contribution is 0.564. The molecule has 1 aliphatic carbocycles. The molecule has 0 radical (unpaired) electrons. The van der Waals surface area contributed by atoms with Gasteiger partial charge >= 0.3 is 0 Å². The summed E-state index contributed by atoms with van der Waals surface area (Å²) in [4.78, 5) is 2.45. The molecule has 0 aliphatic heterocycles. The molecule has 0 fully saturated rings. The molecule has 0 amide bonds. The van der Waals surface area contributed by atoms with E-state index < -0.39 is 0 Å². The summed E-state index contributed by atoms with van der Waals surface area (Å²) in [5, 5.41) is 4.72. The van der Waals surface area contributed by atoms with Gasteiger partial charge in [0.1, 0.15) is 11.2 Å². The van der Waals surface area contributed by atoms with Crippen molar-refractivity contribution in [2.45, 2.75) is 25.7 Å². The maximum atomic E-state index is 6.36. The van der Waals surface area contributed by atoms with E-state index in [1.54, 1.807) is 0 Å². The maximum Gasteiger partial charge on any atom is 0.137 e. The van der Waals surface area contributed by atoms with Gasteiger partial charge in [0.05, 0.1) is 16.8 Å². The molecule has 0 bridgehead atoms. The van der Waals surface area contributed by atoms with Crippen molar-refractivity contribution in [3.8, 4) is 11.1 Å². The summed E-state index contributed by atoms with van der Waals surface area (Å²) in [5.41, 5.74) is 10.7. The second kappa shape index (κ2) is 8.59. The molecule has 1 heterocycles. The Morgan fingerprint density at radius 2 is 1.32 bits per heavy atom. The Morgan fingerprint density at radius 1 is 0.625 bits per heavy atom. The van der Waals surface area contributed by atoms with E-state index in [0.29, 0.717) is 0 Å². The minimum atomic E-state index is -0.0364. The van der Waals surface area contributed by atoms with Gasteiger partial charge in [0.25, 0.3) is 0 Å².